The average Bonchev–Trinajstić information content (AvgIpc) is 3.38. The number of carbonyl (C=O) groups is 2. The molecule has 33 heavy (non-hydrogen) atoms. The Bertz CT molecular complexity index is 1360. The Morgan fingerprint density at radius 1 is 1.15 bits per heavy atom. The number of carbonyl (C=O) groups excluding carboxylic acids is 2. The number of anilines is 1. The van der Waals surface area contributed by atoms with Crippen molar-refractivity contribution in [2.45, 2.75) is 19.6 Å². The van der Waals surface area contributed by atoms with Crippen LogP contribution >= 0.6 is 0 Å². The zero-order valence-corrected chi connectivity index (χ0v) is 17.6. The molecule has 0 atom stereocenters. The van der Waals surface area contributed by atoms with Gasteiger partial charge in [-0.05, 0) is 36.2 Å². The van der Waals surface area contributed by atoms with Crippen molar-refractivity contribution in [2.75, 3.05) is 5.32 Å². The zero-order valence-electron chi connectivity index (χ0n) is 17.6. The molecule has 0 aliphatic heterocycles. The maximum Gasteiger partial charge on any atom is 0.416 e. The van der Waals surface area contributed by atoms with E-state index in [1.807, 2.05) is 0 Å². The number of benzene rings is 1. The van der Waals surface area contributed by atoms with E-state index in [0.717, 1.165) is 11.6 Å². The van der Waals surface area contributed by atoms with Crippen molar-refractivity contribution in [3.63, 3.8) is 0 Å². The number of rotatable bonds is 4. The normalized spacial score (nSPS) is 11.5. The van der Waals surface area contributed by atoms with E-state index in [1.54, 1.807) is 36.3 Å². The molecule has 0 aliphatic carbocycles. The molecule has 0 fully saturated rings. The first kappa shape index (κ1) is 22.1. The lowest BCUT2D eigenvalue weighted by molar-refractivity contribution is -0.138. The summed E-state index contributed by atoms with van der Waals surface area (Å²) in [7, 11) is 1.78. The average molecular weight is 456 g/mol. The van der Waals surface area contributed by atoms with Gasteiger partial charge >= 0.3 is 18.0 Å². The lowest BCUT2D eigenvalue weighted by atomic mass is 10.0. The summed E-state index contributed by atoms with van der Waals surface area (Å²) in [5.41, 5.74) is 2.33. The third kappa shape index (κ3) is 4.71. The molecule has 0 saturated carbocycles. The summed E-state index contributed by atoms with van der Waals surface area (Å²) in [5.74, 6) is -1.95. The second kappa shape index (κ2) is 8.41. The van der Waals surface area contributed by atoms with Crippen molar-refractivity contribution in [1.82, 2.24) is 25.1 Å². The van der Waals surface area contributed by atoms with Gasteiger partial charge in [0.1, 0.15) is 5.52 Å². The number of aryl methyl sites for hydroxylation is 2. The van der Waals surface area contributed by atoms with Crippen LogP contribution in [0.2, 0.25) is 0 Å². The SMILES string of the molecule is Cc1ccc(CNC(=O)C(=O)Nc2c[nH]c3ccc(-c4cnn(C)c4)nc23)cc1C(F)(F)F. The van der Waals surface area contributed by atoms with Crippen molar-refractivity contribution in [2.24, 2.45) is 7.05 Å². The minimum atomic E-state index is -4.50. The Morgan fingerprint density at radius 2 is 1.94 bits per heavy atom. The quantitative estimate of drug-likeness (QED) is 0.409. The maximum atomic E-state index is 13.1. The van der Waals surface area contributed by atoms with Crippen LogP contribution in [-0.2, 0) is 29.4 Å². The number of aromatic amines is 1. The van der Waals surface area contributed by atoms with E-state index >= 15 is 0 Å². The molecule has 0 aliphatic rings. The molecule has 0 bridgehead atoms. The summed E-state index contributed by atoms with van der Waals surface area (Å²) in [6.07, 6.45) is 0.452. The fraction of sp³-hybridized carbons (Fsp3) is 0.182. The third-order valence-corrected chi connectivity index (χ3v) is 5.04. The molecule has 0 radical (unpaired) electrons. The molecule has 3 N–H and O–H groups in total. The molecule has 2 amide bonds. The number of aromatic nitrogens is 4. The highest BCUT2D eigenvalue weighted by molar-refractivity contribution is 6.40. The third-order valence-electron chi connectivity index (χ3n) is 5.04. The number of alkyl halides is 3. The van der Waals surface area contributed by atoms with E-state index in [2.05, 4.69) is 25.7 Å². The number of halogens is 3. The van der Waals surface area contributed by atoms with Crippen LogP contribution in [0.4, 0.5) is 18.9 Å². The Kier molecular flexibility index (Phi) is 5.62. The fourth-order valence-electron chi connectivity index (χ4n) is 3.33. The van der Waals surface area contributed by atoms with Gasteiger partial charge in [-0.3, -0.25) is 14.3 Å². The summed E-state index contributed by atoms with van der Waals surface area (Å²) in [4.78, 5) is 32.1. The highest BCUT2D eigenvalue weighted by Crippen LogP contribution is 2.32. The number of amides is 2. The molecule has 0 spiro atoms. The predicted molar refractivity (Wildman–Crippen MR) is 115 cm³/mol. The molecule has 1 aromatic carbocycles. The lowest BCUT2D eigenvalue weighted by Gasteiger charge is -2.12. The molecule has 4 rings (SSSR count). The number of pyridine rings is 1. The van der Waals surface area contributed by atoms with Crippen molar-refractivity contribution < 1.29 is 22.8 Å². The number of hydrogen-bond donors (Lipinski definition) is 3. The van der Waals surface area contributed by atoms with E-state index in [4.69, 9.17) is 0 Å². The first-order valence-electron chi connectivity index (χ1n) is 9.85. The molecule has 11 heteroatoms. The summed E-state index contributed by atoms with van der Waals surface area (Å²) in [6.45, 7) is 1.13. The molecular formula is C22H19F3N6O2. The van der Waals surface area contributed by atoms with Crippen LogP contribution in [0.5, 0.6) is 0 Å². The summed E-state index contributed by atoms with van der Waals surface area (Å²) >= 11 is 0. The molecule has 170 valence electrons. The van der Waals surface area contributed by atoms with Crippen molar-refractivity contribution in [1.29, 1.82) is 0 Å². The van der Waals surface area contributed by atoms with E-state index in [-0.39, 0.29) is 17.7 Å². The fourth-order valence-corrected chi connectivity index (χ4v) is 3.33. The Balaban J connectivity index is 1.45. The van der Waals surface area contributed by atoms with Gasteiger partial charge in [-0.25, -0.2) is 4.98 Å². The van der Waals surface area contributed by atoms with Gasteiger partial charge in [0, 0.05) is 31.5 Å². The molecule has 4 aromatic rings. The smallest absolute Gasteiger partial charge is 0.358 e. The van der Waals surface area contributed by atoms with Gasteiger partial charge in [0.05, 0.1) is 28.7 Å². The minimum absolute atomic E-state index is 0.0767. The monoisotopic (exact) mass is 456 g/mol. The number of nitrogens with one attached hydrogen (secondary N) is 3. The maximum absolute atomic E-state index is 13.1. The van der Waals surface area contributed by atoms with Crippen molar-refractivity contribution in [3.05, 3.63) is 65.6 Å². The van der Waals surface area contributed by atoms with Gasteiger partial charge in [-0.1, -0.05) is 12.1 Å². The van der Waals surface area contributed by atoms with Gasteiger partial charge in [-0.2, -0.15) is 18.3 Å². The summed E-state index contributed by atoms with van der Waals surface area (Å²) in [6, 6.07) is 7.33. The molecule has 3 heterocycles. The number of hydrogen-bond acceptors (Lipinski definition) is 4. The largest absolute Gasteiger partial charge is 0.416 e. The van der Waals surface area contributed by atoms with Gasteiger partial charge in [0.15, 0.2) is 0 Å². The first-order valence-corrected chi connectivity index (χ1v) is 9.85. The van der Waals surface area contributed by atoms with Crippen LogP contribution in [0.15, 0.2) is 48.9 Å². The predicted octanol–water partition coefficient (Wildman–Crippen LogP) is 3.55. The Labute approximate surface area is 185 Å². The van der Waals surface area contributed by atoms with Crippen LogP contribution in [0.25, 0.3) is 22.3 Å². The lowest BCUT2D eigenvalue weighted by Crippen LogP contribution is -2.35. The van der Waals surface area contributed by atoms with Gasteiger partial charge in [0.2, 0.25) is 0 Å². The number of nitrogens with zero attached hydrogens (tertiary/aromatic N) is 3. The minimum Gasteiger partial charge on any atom is -0.358 e. The molecule has 0 unspecified atom stereocenters. The van der Waals surface area contributed by atoms with Crippen LogP contribution < -0.4 is 10.6 Å². The highest BCUT2D eigenvalue weighted by atomic mass is 19.4. The summed E-state index contributed by atoms with van der Waals surface area (Å²) in [5, 5.41) is 8.93. The van der Waals surface area contributed by atoms with E-state index in [9.17, 15) is 22.8 Å². The van der Waals surface area contributed by atoms with Gasteiger partial charge in [0.25, 0.3) is 0 Å². The van der Waals surface area contributed by atoms with Crippen LogP contribution in [0, 0.1) is 6.92 Å². The molecule has 8 nitrogen and oxygen atoms in total. The molecule has 0 saturated heterocycles. The van der Waals surface area contributed by atoms with E-state index < -0.39 is 23.6 Å². The second-order valence-corrected chi connectivity index (χ2v) is 7.48. The highest BCUT2D eigenvalue weighted by Gasteiger charge is 2.32. The number of H-pyrrole nitrogens is 1. The van der Waals surface area contributed by atoms with Crippen molar-refractivity contribution in [3.8, 4) is 11.3 Å². The Hall–Kier alpha value is -4.15. The van der Waals surface area contributed by atoms with Gasteiger partial charge < -0.3 is 15.6 Å². The van der Waals surface area contributed by atoms with E-state index in [0.29, 0.717) is 22.4 Å². The van der Waals surface area contributed by atoms with Crippen LogP contribution in [0.3, 0.4) is 0 Å². The number of fused-ring (bicyclic) bond motifs is 1. The van der Waals surface area contributed by atoms with Crippen LogP contribution in [0.1, 0.15) is 16.7 Å². The Morgan fingerprint density at radius 3 is 2.64 bits per heavy atom. The molecule has 3 aromatic heterocycles. The first-order chi connectivity index (χ1) is 15.6. The van der Waals surface area contributed by atoms with Crippen LogP contribution in [-0.4, -0.2) is 31.6 Å². The standard InChI is InChI=1S/C22H19F3N6O2/c1-12-3-4-13(7-15(12)22(23,24)25)8-27-20(32)21(33)30-18-10-26-17-6-5-16(29-19(17)18)14-9-28-31(2)11-14/h3-7,9-11,26H,8H2,1-2H3,(H,27,32)(H,30,33). The molecular weight excluding hydrogens is 437 g/mol. The topological polar surface area (TPSA) is 105 Å². The van der Waals surface area contributed by atoms with Crippen molar-refractivity contribution >= 4 is 28.5 Å². The zero-order chi connectivity index (χ0) is 23.8. The van der Waals surface area contributed by atoms with E-state index in [1.165, 1.54) is 25.3 Å². The second-order valence-electron chi connectivity index (χ2n) is 7.48. The van der Waals surface area contributed by atoms with Gasteiger partial charge in [-0.15, -0.1) is 0 Å². The summed E-state index contributed by atoms with van der Waals surface area (Å²) < 4.78 is 40.8.